The number of rotatable bonds is 4. The van der Waals surface area contributed by atoms with Gasteiger partial charge in [0.25, 0.3) is 0 Å². The van der Waals surface area contributed by atoms with Crippen LogP contribution in [0.25, 0.3) is 38.6 Å². The molecule has 0 bridgehead atoms. The van der Waals surface area contributed by atoms with Crippen molar-refractivity contribution in [2.75, 3.05) is 5.32 Å². The zero-order chi connectivity index (χ0) is 21.3. The fraction of sp³-hybridized carbons (Fsp3) is 0. The second-order valence-corrected chi connectivity index (χ2v) is 7.99. The Kier molecular flexibility index (Phi) is 4.47. The highest BCUT2D eigenvalue weighted by molar-refractivity contribution is 6.10. The predicted octanol–water partition coefficient (Wildman–Crippen LogP) is 8.19. The fourth-order valence-electron chi connectivity index (χ4n) is 4.44. The highest BCUT2D eigenvalue weighted by atomic mass is 15.0. The standard InChI is InChI=1S/C30H22N2/c1-3-9-22(10-4-1)23-15-20-30-28(21-23)27-13-7-8-14-29(27)32(30)26-18-16-25(17-19-26)31-24-11-5-2-6-12-24/h1-21,31H. The molecule has 0 fully saturated rings. The van der Waals surface area contributed by atoms with Crippen LogP contribution in [0.3, 0.4) is 0 Å². The Hall–Kier alpha value is -4.30. The van der Waals surface area contributed by atoms with E-state index in [0.29, 0.717) is 0 Å². The van der Waals surface area contributed by atoms with E-state index in [9.17, 15) is 0 Å². The molecule has 1 N–H and O–H groups in total. The first kappa shape index (κ1) is 18.5. The van der Waals surface area contributed by atoms with E-state index in [-0.39, 0.29) is 0 Å². The second-order valence-electron chi connectivity index (χ2n) is 7.99. The van der Waals surface area contributed by atoms with Gasteiger partial charge in [0.1, 0.15) is 0 Å². The number of para-hydroxylation sites is 2. The lowest BCUT2D eigenvalue weighted by atomic mass is 10.0. The minimum Gasteiger partial charge on any atom is -0.356 e. The molecule has 0 aliphatic heterocycles. The number of hydrogen-bond acceptors (Lipinski definition) is 1. The molecule has 0 saturated heterocycles. The molecule has 5 aromatic carbocycles. The normalized spacial score (nSPS) is 11.1. The van der Waals surface area contributed by atoms with Gasteiger partial charge in [0.15, 0.2) is 0 Å². The lowest BCUT2D eigenvalue weighted by Crippen LogP contribution is -1.95. The van der Waals surface area contributed by atoms with Gasteiger partial charge in [-0.2, -0.15) is 0 Å². The number of aromatic nitrogens is 1. The van der Waals surface area contributed by atoms with E-state index in [1.54, 1.807) is 0 Å². The number of nitrogens with zero attached hydrogens (tertiary/aromatic N) is 1. The fourth-order valence-corrected chi connectivity index (χ4v) is 4.44. The zero-order valence-corrected chi connectivity index (χ0v) is 17.6. The summed E-state index contributed by atoms with van der Waals surface area (Å²) in [6, 6.07) is 44.9. The number of anilines is 2. The Morgan fingerprint density at radius 2 is 1.06 bits per heavy atom. The summed E-state index contributed by atoms with van der Waals surface area (Å²) < 4.78 is 2.35. The highest BCUT2D eigenvalue weighted by Crippen LogP contribution is 2.35. The highest BCUT2D eigenvalue weighted by Gasteiger charge is 2.13. The molecule has 0 atom stereocenters. The van der Waals surface area contributed by atoms with Gasteiger partial charge in [0, 0.05) is 27.8 Å². The van der Waals surface area contributed by atoms with Crippen molar-refractivity contribution in [3.63, 3.8) is 0 Å². The summed E-state index contributed by atoms with van der Waals surface area (Å²) in [6.45, 7) is 0. The maximum atomic E-state index is 3.47. The van der Waals surface area contributed by atoms with Crippen molar-refractivity contribution in [3.8, 4) is 16.8 Å². The third-order valence-corrected chi connectivity index (χ3v) is 5.97. The SMILES string of the molecule is c1ccc(Nc2ccc(-n3c4ccccc4c4cc(-c5ccccc5)ccc43)cc2)cc1. The van der Waals surface area contributed by atoms with Crippen molar-refractivity contribution in [3.05, 3.63) is 127 Å². The molecule has 2 nitrogen and oxygen atoms in total. The molecule has 6 rings (SSSR count). The van der Waals surface area contributed by atoms with E-state index in [0.717, 1.165) is 17.1 Å². The first-order valence-corrected chi connectivity index (χ1v) is 10.9. The van der Waals surface area contributed by atoms with Crippen LogP contribution < -0.4 is 5.32 Å². The van der Waals surface area contributed by atoms with Gasteiger partial charge >= 0.3 is 0 Å². The topological polar surface area (TPSA) is 17.0 Å². The molecular formula is C30H22N2. The molecule has 0 spiro atoms. The van der Waals surface area contributed by atoms with Gasteiger partial charge in [-0.3, -0.25) is 0 Å². The lowest BCUT2D eigenvalue weighted by Gasteiger charge is -2.11. The van der Waals surface area contributed by atoms with E-state index >= 15 is 0 Å². The summed E-state index contributed by atoms with van der Waals surface area (Å²) >= 11 is 0. The number of fused-ring (bicyclic) bond motifs is 3. The van der Waals surface area contributed by atoms with Gasteiger partial charge in [-0.25, -0.2) is 0 Å². The van der Waals surface area contributed by atoms with Crippen molar-refractivity contribution in [2.45, 2.75) is 0 Å². The largest absolute Gasteiger partial charge is 0.356 e. The van der Waals surface area contributed by atoms with Crippen LogP contribution in [0, 0.1) is 0 Å². The lowest BCUT2D eigenvalue weighted by molar-refractivity contribution is 1.18. The molecule has 2 heteroatoms. The monoisotopic (exact) mass is 410 g/mol. The van der Waals surface area contributed by atoms with Gasteiger partial charge < -0.3 is 9.88 Å². The van der Waals surface area contributed by atoms with E-state index in [2.05, 4.69) is 119 Å². The molecular weight excluding hydrogens is 388 g/mol. The molecule has 0 saturated carbocycles. The third kappa shape index (κ3) is 3.23. The van der Waals surface area contributed by atoms with Crippen molar-refractivity contribution in [1.29, 1.82) is 0 Å². The molecule has 0 aliphatic carbocycles. The Labute approximate surface area is 187 Å². The smallest absolute Gasteiger partial charge is 0.0541 e. The summed E-state index contributed by atoms with van der Waals surface area (Å²) in [5, 5.41) is 6.01. The molecule has 0 amide bonds. The Morgan fingerprint density at radius 3 is 1.84 bits per heavy atom. The van der Waals surface area contributed by atoms with Crippen LogP contribution in [-0.2, 0) is 0 Å². The van der Waals surface area contributed by atoms with Crippen molar-refractivity contribution in [2.24, 2.45) is 0 Å². The summed E-state index contributed by atoms with van der Waals surface area (Å²) in [7, 11) is 0. The summed E-state index contributed by atoms with van der Waals surface area (Å²) in [5.74, 6) is 0. The van der Waals surface area contributed by atoms with Gasteiger partial charge in [-0.05, 0) is 65.7 Å². The minimum absolute atomic E-state index is 1.08. The average Bonchev–Trinajstić information content (AvgIpc) is 3.19. The molecule has 1 aromatic heterocycles. The maximum Gasteiger partial charge on any atom is 0.0541 e. The Balaban J connectivity index is 1.47. The predicted molar refractivity (Wildman–Crippen MR) is 136 cm³/mol. The molecule has 32 heavy (non-hydrogen) atoms. The average molecular weight is 411 g/mol. The van der Waals surface area contributed by atoms with Crippen LogP contribution in [0.1, 0.15) is 0 Å². The summed E-state index contributed by atoms with van der Waals surface area (Å²) in [5.41, 5.74) is 8.23. The Bertz CT molecular complexity index is 1510. The van der Waals surface area contributed by atoms with Gasteiger partial charge in [0.2, 0.25) is 0 Å². The van der Waals surface area contributed by atoms with Crippen LogP contribution in [0.5, 0.6) is 0 Å². The van der Waals surface area contributed by atoms with Crippen LogP contribution in [-0.4, -0.2) is 4.57 Å². The van der Waals surface area contributed by atoms with Crippen LogP contribution >= 0.6 is 0 Å². The summed E-state index contributed by atoms with van der Waals surface area (Å²) in [6.07, 6.45) is 0. The van der Waals surface area contributed by atoms with E-state index in [1.165, 1.54) is 32.9 Å². The van der Waals surface area contributed by atoms with E-state index in [4.69, 9.17) is 0 Å². The van der Waals surface area contributed by atoms with Crippen molar-refractivity contribution >= 4 is 33.2 Å². The molecule has 6 aromatic rings. The third-order valence-electron chi connectivity index (χ3n) is 5.97. The van der Waals surface area contributed by atoms with Crippen LogP contribution in [0.4, 0.5) is 11.4 Å². The molecule has 152 valence electrons. The second kappa shape index (κ2) is 7.75. The van der Waals surface area contributed by atoms with Crippen LogP contribution in [0.2, 0.25) is 0 Å². The first-order chi connectivity index (χ1) is 15.9. The molecule has 1 heterocycles. The Morgan fingerprint density at radius 1 is 0.438 bits per heavy atom. The molecule has 0 unspecified atom stereocenters. The van der Waals surface area contributed by atoms with Gasteiger partial charge in [0.05, 0.1) is 11.0 Å². The number of nitrogens with one attached hydrogen (secondary N) is 1. The zero-order valence-electron chi connectivity index (χ0n) is 17.6. The van der Waals surface area contributed by atoms with Gasteiger partial charge in [-0.1, -0.05) is 72.8 Å². The van der Waals surface area contributed by atoms with Crippen molar-refractivity contribution < 1.29 is 0 Å². The number of hydrogen-bond donors (Lipinski definition) is 1. The number of benzene rings is 5. The molecule has 0 radical (unpaired) electrons. The maximum absolute atomic E-state index is 3.47. The van der Waals surface area contributed by atoms with Crippen LogP contribution in [0.15, 0.2) is 127 Å². The van der Waals surface area contributed by atoms with Crippen molar-refractivity contribution in [1.82, 2.24) is 4.57 Å². The quantitative estimate of drug-likeness (QED) is 0.310. The molecule has 0 aliphatic rings. The first-order valence-electron chi connectivity index (χ1n) is 10.9. The van der Waals surface area contributed by atoms with E-state index in [1.807, 2.05) is 18.2 Å². The van der Waals surface area contributed by atoms with E-state index < -0.39 is 0 Å². The minimum atomic E-state index is 1.08. The van der Waals surface area contributed by atoms with Gasteiger partial charge in [-0.15, -0.1) is 0 Å². The summed E-state index contributed by atoms with van der Waals surface area (Å²) in [4.78, 5) is 0.